The average Bonchev–Trinajstić information content (AvgIpc) is 3.27. The molecule has 138 valence electrons. The van der Waals surface area contributed by atoms with Gasteiger partial charge in [-0.2, -0.15) is 0 Å². The summed E-state index contributed by atoms with van der Waals surface area (Å²) in [7, 11) is 1.00. The van der Waals surface area contributed by atoms with Crippen LogP contribution in [0, 0.1) is 0 Å². The molecule has 5 N–H and O–H groups in total. The van der Waals surface area contributed by atoms with Crippen LogP contribution in [0.5, 0.6) is 0 Å². The molecule has 3 rings (SSSR count). The second-order valence-electron chi connectivity index (χ2n) is 4.88. The van der Waals surface area contributed by atoms with Gasteiger partial charge in [0.1, 0.15) is 6.79 Å². The molecule has 0 aromatic heterocycles. The highest BCUT2D eigenvalue weighted by atomic mass is 16.5. The number of nitrogens with two attached hydrogens (primary N) is 1. The highest BCUT2D eigenvalue weighted by Gasteiger charge is 2.15. The van der Waals surface area contributed by atoms with Crippen LogP contribution in [0.15, 0.2) is 60.7 Å². The van der Waals surface area contributed by atoms with E-state index in [9.17, 15) is 0 Å². The topological polar surface area (TPSA) is 105 Å². The summed E-state index contributed by atoms with van der Waals surface area (Å²) in [4.78, 5) is 8.00. The van der Waals surface area contributed by atoms with Crippen LogP contribution in [0.25, 0.3) is 0 Å². The third kappa shape index (κ3) is 9.09. The molecule has 0 aliphatic carbocycles. The van der Waals surface area contributed by atoms with Crippen molar-refractivity contribution in [2.45, 2.75) is 12.1 Å². The molecule has 1 fully saturated rings. The van der Waals surface area contributed by atoms with Gasteiger partial charge in [0.15, 0.2) is 0 Å². The van der Waals surface area contributed by atoms with Crippen LogP contribution in [0.2, 0.25) is 0 Å². The maximum Gasteiger partial charge on any atom is 0.106 e. The maximum atomic E-state index is 8.66. The number of benzene rings is 2. The highest BCUT2D eigenvalue weighted by molar-refractivity contribution is 5.19. The third-order valence-electron chi connectivity index (χ3n) is 3.34. The van der Waals surface area contributed by atoms with Gasteiger partial charge in [0, 0.05) is 7.11 Å². The van der Waals surface area contributed by atoms with Gasteiger partial charge in [-0.25, -0.2) is 0 Å². The van der Waals surface area contributed by atoms with Gasteiger partial charge < -0.3 is 25.5 Å². The smallest absolute Gasteiger partial charge is 0.106 e. The molecule has 25 heavy (non-hydrogen) atoms. The van der Waals surface area contributed by atoms with Crippen LogP contribution in [0.3, 0.4) is 0 Å². The van der Waals surface area contributed by atoms with Crippen LogP contribution >= 0.6 is 0 Å². The molecule has 1 heterocycles. The normalized spacial score (nSPS) is 16.1. The Balaban J connectivity index is 0.000000387. The van der Waals surface area contributed by atoms with E-state index in [0.717, 1.165) is 19.3 Å². The Morgan fingerprint density at radius 3 is 2.08 bits per heavy atom. The number of hydrogen-bond donors (Lipinski definition) is 4. The van der Waals surface area contributed by atoms with Crippen LogP contribution in [0.1, 0.15) is 23.2 Å². The van der Waals surface area contributed by atoms with Gasteiger partial charge in [-0.05, 0) is 11.1 Å². The fourth-order valence-corrected chi connectivity index (χ4v) is 2.10. The van der Waals surface area contributed by atoms with Crippen molar-refractivity contribution < 1.29 is 19.7 Å². The summed E-state index contributed by atoms with van der Waals surface area (Å²) < 4.78 is 5.20. The minimum Gasteiger partial charge on any atom is -0.400 e. The zero-order valence-electron chi connectivity index (χ0n) is 14.5. The largest absolute Gasteiger partial charge is 0.400 e. The second-order valence-corrected chi connectivity index (χ2v) is 4.88. The molecule has 1 saturated heterocycles. The molecule has 0 amide bonds. The van der Waals surface area contributed by atoms with Gasteiger partial charge in [0.2, 0.25) is 0 Å². The Labute approximate surface area is 149 Å². The molecule has 1 aliphatic heterocycles. The summed E-state index contributed by atoms with van der Waals surface area (Å²) in [5.41, 5.74) is 7.83. The lowest BCUT2D eigenvalue weighted by molar-refractivity contribution is -0.0979. The number of carbonyl (C=O) groups excluding carboxylic acids is 1. The van der Waals surface area contributed by atoms with Gasteiger partial charge in [0.25, 0.3) is 0 Å². The van der Waals surface area contributed by atoms with E-state index in [0.29, 0.717) is 12.8 Å². The van der Waals surface area contributed by atoms with Crippen LogP contribution in [-0.4, -0.2) is 44.1 Å². The van der Waals surface area contributed by atoms with Crippen molar-refractivity contribution in [3.63, 3.8) is 0 Å². The molecule has 6 nitrogen and oxygen atoms in total. The lowest BCUT2D eigenvalue weighted by Gasteiger charge is -2.06. The van der Waals surface area contributed by atoms with Gasteiger partial charge >= 0.3 is 0 Å². The molecular weight excluding hydrogens is 320 g/mol. The average molecular weight is 348 g/mol. The molecule has 6 heteroatoms. The van der Waals surface area contributed by atoms with E-state index in [1.807, 2.05) is 43.2 Å². The second kappa shape index (κ2) is 15.4. The van der Waals surface area contributed by atoms with E-state index >= 15 is 0 Å². The number of rotatable bonds is 3. The number of aliphatic hydroxyl groups is 2. The van der Waals surface area contributed by atoms with Crippen LogP contribution < -0.4 is 11.1 Å². The Morgan fingerprint density at radius 1 is 1.12 bits per heavy atom. The van der Waals surface area contributed by atoms with Gasteiger partial charge in [0.05, 0.1) is 32.0 Å². The first-order chi connectivity index (χ1) is 12.3. The molecule has 2 aromatic carbocycles. The fraction of sp³-hybridized carbons (Fsp3) is 0.316. The monoisotopic (exact) mass is 348 g/mol. The molecule has 1 unspecified atom stereocenters. The lowest BCUT2D eigenvalue weighted by Crippen LogP contribution is -2.14. The molecule has 2 aromatic rings. The zero-order chi connectivity index (χ0) is 18.9. The summed E-state index contributed by atoms with van der Waals surface area (Å²) in [5, 5.41) is 18.9. The maximum absolute atomic E-state index is 8.66. The summed E-state index contributed by atoms with van der Waals surface area (Å²) >= 11 is 0. The zero-order valence-corrected chi connectivity index (χ0v) is 14.5. The quantitative estimate of drug-likeness (QED) is 0.668. The first-order valence-corrected chi connectivity index (χ1v) is 7.82. The van der Waals surface area contributed by atoms with Crippen molar-refractivity contribution in [3.05, 3.63) is 71.8 Å². The lowest BCUT2D eigenvalue weighted by atomic mass is 10.1. The van der Waals surface area contributed by atoms with Gasteiger partial charge in [-0.1, -0.05) is 60.7 Å². The highest BCUT2D eigenvalue weighted by Crippen LogP contribution is 2.15. The fourth-order valence-electron chi connectivity index (χ4n) is 2.10. The van der Waals surface area contributed by atoms with E-state index in [4.69, 9.17) is 25.5 Å². The Kier molecular flexibility index (Phi) is 14.1. The van der Waals surface area contributed by atoms with Crippen LogP contribution in [-0.2, 0) is 9.53 Å². The van der Waals surface area contributed by atoms with Gasteiger partial charge in [-0.15, -0.1) is 0 Å². The predicted octanol–water partition coefficient (Wildman–Crippen LogP) is 1.41. The predicted molar refractivity (Wildman–Crippen MR) is 98.9 cm³/mol. The van der Waals surface area contributed by atoms with Crippen molar-refractivity contribution in [2.24, 2.45) is 5.73 Å². The minimum atomic E-state index is -0.235. The van der Waals surface area contributed by atoms with E-state index in [-0.39, 0.29) is 12.6 Å². The van der Waals surface area contributed by atoms with E-state index < -0.39 is 0 Å². The third-order valence-corrected chi connectivity index (χ3v) is 3.34. The number of carbonyl (C=O) groups is 1. The van der Waals surface area contributed by atoms with Crippen molar-refractivity contribution in [2.75, 3.05) is 27.1 Å². The Morgan fingerprint density at radius 2 is 1.64 bits per heavy atom. The Bertz CT molecular complexity index is 519. The molecular formula is C19H28N2O4. The number of hydrogen-bond acceptors (Lipinski definition) is 6. The summed E-state index contributed by atoms with van der Waals surface area (Å²) in [6.07, 6.45) is 0. The first kappa shape index (κ1) is 22.9. The summed E-state index contributed by atoms with van der Waals surface area (Å²) in [6.45, 7) is 3.48. The van der Waals surface area contributed by atoms with Crippen molar-refractivity contribution in [3.8, 4) is 0 Å². The van der Waals surface area contributed by atoms with Crippen molar-refractivity contribution in [1.29, 1.82) is 0 Å². The summed E-state index contributed by atoms with van der Waals surface area (Å²) in [6, 6.07) is 20.1. The number of ether oxygens (including phenoxy) is 1. The molecule has 0 saturated carbocycles. The molecule has 2 atom stereocenters. The van der Waals surface area contributed by atoms with Gasteiger partial charge in [-0.3, -0.25) is 5.32 Å². The number of nitrogens with one attached hydrogen (secondary N) is 1. The van der Waals surface area contributed by atoms with Crippen molar-refractivity contribution in [1.82, 2.24) is 5.32 Å². The molecule has 0 spiro atoms. The summed E-state index contributed by atoms with van der Waals surface area (Å²) in [5.74, 6) is 0. The van der Waals surface area contributed by atoms with E-state index in [1.165, 1.54) is 5.56 Å². The Hall–Kier alpha value is -2.09. The molecule has 0 radical (unpaired) electrons. The molecule has 0 bridgehead atoms. The van der Waals surface area contributed by atoms with Crippen molar-refractivity contribution >= 4 is 6.79 Å². The van der Waals surface area contributed by atoms with E-state index in [2.05, 4.69) is 29.6 Å². The number of aliphatic hydroxyl groups excluding tert-OH is 2. The molecule has 1 aliphatic rings. The van der Waals surface area contributed by atoms with Crippen LogP contribution in [0.4, 0.5) is 0 Å². The standard InChI is InChI=1S/C9H11NO.C8H11NO.CH4O.CH2O/c1-2-4-8(5-3-1)9-6-11-7-10-9;9-8(6-10)7-4-2-1-3-5-7;2*1-2/h1-5,9-10H,6-7H2;1-5,8,10H,6,9H2;2H,1H3;1H2/t;8-;;/m.1../s1. The minimum absolute atomic E-state index is 0.00398. The SMILES string of the molecule is C=O.CO.N[C@H](CO)c1ccccc1.c1ccc(C2COCN2)cc1. The van der Waals surface area contributed by atoms with E-state index in [1.54, 1.807) is 0 Å². The first-order valence-electron chi connectivity index (χ1n) is 7.82.